The van der Waals surface area contributed by atoms with Crippen LogP contribution in [0.25, 0.3) is 0 Å². The zero-order valence-electron chi connectivity index (χ0n) is 19.2. The molecule has 1 aliphatic carbocycles. The van der Waals surface area contributed by atoms with Crippen LogP contribution in [0, 0.1) is 11.3 Å². The quantitative estimate of drug-likeness (QED) is 0.514. The zero-order chi connectivity index (χ0) is 24.6. The van der Waals surface area contributed by atoms with Crippen LogP contribution >= 0.6 is 0 Å². The van der Waals surface area contributed by atoms with Crippen LogP contribution in [0.2, 0.25) is 0 Å². The Hall–Kier alpha value is -3.38. The summed E-state index contributed by atoms with van der Waals surface area (Å²) >= 11 is 0. The number of nitrogens with one attached hydrogen (secondary N) is 1. The normalized spacial score (nSPS) is 14.7. The molecule has 1 amide bonds. The third-order valence-electron chi connectivity index (χ3n) is 5.80. The molecule has 1 aliphatic rings. The number of carbonyl (C=O) groups is 2. The largest absolute Gasteiger partial charge is 0.452 e. The van der Waals surface area contributed by atoms with Crippen molar-refractivity contribution in [1.82, 2.24) is 5.32 Å². The van der Waals surface area contributed by atoms with Gasteiger partial charge in [-0.25, -0.2) is 13.2 Å². The molecule has 8 nitrogen and oxygen atoms in total. The Bertz CT molecular complexity index is 1150. The van der Waals surface area contributed by atoms with E-state index in [-0.39, 0.29) is 10.5 Å². The maximum absolute atomic E-state index is 13.4. The molecular weight excluding hydrogens is 454 g/mol. The lowest BCUT2D eigenvalue weighted by molar-refractivity contribution is -0.125. The molecule has 0 saturated heterocycles. The maximum Gasteiger partial charge on any atom is 0.338 e. The summed E-state index contributed by atoms with van der Waals surface area (Å²) in [6, 6.07) is 16.5. The lowest BCUT2D eigenvalue weighted by Gasteiger charge is -2.24. The number of esters is 1. The highest BCUT2D eigenvalue weighted by Crippen LogP contribution is 2.29. The third kappa shape index (κ3) is 5.94. The molecular formula is C25H29N3O5S. The average molecular weight is 484 g/mol. The number of unbranched alkanes of at least 4 members (excludes halogenated alkanes) is 1. The molecule has 9 heteroatoms. The number of nitriles is 1. The lowest BCUT2D eigenvalue weighted by Crippen LogP contribution is -2.46. The predicted molar refractivity (Wildman–Crippen MR) is 128 cm³/mol. The highest BCUT2D eigenvalue weighted by Gasteiger charge is 2.35. The van der Waals surface area contributed by atoms with Crippen molar-refractivity contribution < 1.29 is 22.7 Å². The first kappa shape index (κ1) is 25.2. The minimum atomic E-state index is -3.93. The summed E-state index contributed by atoms with van der Waals surface area (Å²) < 4.78 is 33.3. The SMILES string of the molecule is CCCCN(c1ccccc1)S(=O)(=O)c1cccc(C(=O)OCC(=O)NC2(C#N)CCCC2)c1. The molecule has 0 atom stereocenters. The number of amides is 1. The van der Waals surface area contributed by atoms with Crippen molar-refractivity contribution in [2.24, 2.45) is 0 Å². The van der Waals surface area contributed by atoms with Crippen molar-refractivity contribution in [1.29, 1.82) is 5.26 Å². The van der Waals surface area contributed by atoms with Crippen LogP contribution in [0.3, 0.4) is 0 Å². The van der Waals surface area contributed by atoms with Gasteiger partial charge in [0.2, 0.25) is 0 Å². The second kappa shape index (κ2) is 11.2. The first-order valence-corrected chi connectivity index (χ1v) is 12.8. The summed E-state index contributed by atoms with van der Waals surface area (Å²) in [5.74, 6) is -1.38. The minimum absolute atomic E-state index is 0.0215. The first-order chi connectivity index (χ1) is 16.3. The van der Waals surface area contributed by atoms with Gasteiger partial charge in [0.15, 0.2) is 6.61 Å². The monoisotopic (exact) mass is 483 g/mol. The molecule has 2 aromatic carbocycles. The van der Waals surface area contributed by atoms with Gasteiger partial charge < -0.3 is 10.1 Å². The Morgan fingerprint density at radius 2 is 1.82 bits per heavy atom. The summed E-state index contributed by atoms with van der Waals surface area (Å²) in [5.41, 5.74) is -0.344. The first-order valence-electron chi connectivity index (χ1n) is 11.4. The van der Waals surface area contributed by atoms with E-state index in [1.807, 2.05) is 13.0 Å². The number of nitrogens with zero attached hydrogens (tertiary/aromatic N) is 2. The van der Waals surface area contributed by atoms with Crippen LogP contribution in [-0.4, -0.2) is 39.0 Å². The van der Waals surface area contributed by atoms with Crippen molar-refractivity contribution >= 4 is 27.6 Å². The lowest BCUT2D eigenvalue weighted by atomic mass is 10.00. The van der Waals surface area contributed by atoms with E-state index in [0.29, 0.717) is 31.5 Å². The number of para-hydroxylation sites is 1. The fourth-order valence-corrected chi connectivity index (χ4v) is 5.51. The molecule has 0 bridgehead atoms. The molecule has 1 fully saturated rings. The molecule has 180 valence electrons. The topological polar surface area (TPSA) is 117 Å². The minimum Gasteiger partial charge on any atom is -0.452 e. The number of ether oxygens (including phenoxy) is 1. The zero-order valence-corrected chi connectivity index (χ0v) is 20.0. The van der Waals surface area contributed by atoms with Gasteiger partial charge in [0, 0.05) is 6.54 Å². The van der Waals surface area contributed by atoms with Crippen LogP contribution in [-0.2, 0) is 19.6 Å². The van der Waals surface area contributed by atoms with Crippen molar-refractivity contribution in [2.75, 3.05) is 17.5 Å². The molecule has 0 spiro atoms. The summed E-state index contributed by atoms with van der Waals surface area (Å²) in [6.07, 6.45) is 4.34. The number of carbonyl (C=O) groups excluding carboxylic acids is 2. The van der Waals surface area contributed by atoms with Crippen LogP contribution in [0.5, 0.6) is 0 Å². The predicted octanol–water partition coefficient (Wildman–Crippen LogP) is 3.79. The highest BCUT2D eigenvalue weighted by atomic mass is 32.2. The number of sulfonamides is 1. The van der Waals surface area contributed by atoms with Crippen LogP contribution < -0.4 is 9.62 Å². The van der Waals surface area contributed by atoms with Gasteiger partial charge in [-0.2, -0.15) is 5.26 Å². The number of hydrogen-bond donors (Lipinski definition) is 1. The Balaban J connectivity index is 1.73. The Morgan fingerprint density at radius 3 is 2.47 bits per heavy atom. The van der Waals surface area contributed by atoms with E-state index < -0.39 is 34.0 Å². The second-order valence-corrected chi connectivity index (χ2v) is 10.2. The van der Waals surface area contributed by atoms with Crippen molar-refractivity contribution in [3.05, 3.63) is 60.2 Å². The van der Waals surface area contributed by atoms with Gasteiger partial charge in [0.05, 0.1) is 22.2 Å². The molecule has 1 saturated carbocycles. The third-order valence-corrected chi connectivity index (χ3v) is 7.62. The van der Waals surface area contributed by atoms with Crippen molar-refractivity contribution in [3.63, 3.8) is 0 Å². The summed E-state index contributed by atoms with van der Waals surface area (Å²) in [6.45, 7) is 1.73. The smallest absolute Gasteiger partial charge is 0.338 e. The average Bonchev–Trinajstić information content (AvgIpc) is 3.32. The van der Waals surface area contributed by atoms with Crippen LogP contribution in [0.4, 0.5) is 5.69 Å². The van der Waals surface area contributed by atoms with E-state index in [9.17, 15) is 23.3 Å². The highest BCUT2D eigenvalue weighted by molar-refractivity contribution is 7.92. The van der Waals surface area contributed by atoms with Gasteiger partial charge in [0.25, 0.3) is 15.9 Å². The standard InChI is InChI=1S/C25H29N3O5S/c1-2-3-16-28(21-11-5-4-6-12-21)34(31,32)22-13-9-10-20(17-22)24(30)33-18-23(29)27-25(19-26)14-7-8-15-25/h4-6,9-13,17H,2-3,7-8,14-16,18H2,1H3,(H,27,29). The van der Waals surface area contributed by atoms with Crippen LogP contribution in [0.15, 0.2) is 59.5 Å². The fourth-order valence-electron chi connectivity index (χ4n) is 3.96. The fraction of sp³-hybridized carbons (Fsp3) is 0.400. The van der Waals surface area contributed by atoms with E-state index in [2.05, 4.69) is 11.4 Å². The molecule has 0 radical (unpaired) electrons. The Morgan fingerprint density at radius 1 is 1.12 bits per heavy atom. The van der Waals surface area contributed by atoms with Gasteiger partial charge >= 0.3 is 5.97 Å². The maximum atomic E-state index is 13.4. The Labute approximate surface area is 200 Å². The van der Waals surface area contributed by atoms with Crippen molar-refractivity contribution in [2.45, 2.75) is 55.9 Å². The molecule has 2 aromatic rings. The van der Waals surface area contributed by atoms with Crippen LogP contribution in [0.1, 0.15) is 55.8 Å². The molecule has 0 aromatic heterocycles. The van der Waals surface area contributed by atoms with Gasteiger partial charge in [0.1, 0.15) is 5.54 Å². The second-order valence-electron chi connectivity index (χ2n) is 8.32. The Kier molecular flexibility index (Phi) is 8.29. The summed E-state index contributed by atoms with van der Waals surface area (Å²) in [4.78, 5) is 24.7. The van der Waals surface area contributed by atoms with E-state index in [1.165, 1.54) is 28.6 Å². The number of hydrogen-bond acceptors (Lipinski definition) is 6. The molecule has 1 N–H and O–H groups in total. The van der Waals surface area contributed by atoms with Gasteiger partial charge in [-0.05, 0) is 62.4 Å². The van der Waals surface area contributed by atoms with Crippen molar-refractivity contribution in [3.8, 4) is 6.07 Å². The number of anilines is 1. The molecule has 0 aliphatic heterocycles. The molecule has 3 rings (SSSR count). The summed E-state index contributed by atoms with van der Waals surface area (Å²) in [7, 11) is -3.93. The van der Waals surface area contributed by atoms with Gasteiger partial charge in [-0.3, -0.25) is 9.10 Å². The molecule has 0 heterocycles. The van der Waals surface area contributed by atoms with E-state index in [0.717, 1.165) is 19.3 Å². The summed E-state index contributed by atoms with van der Waals surface area (Å²) in [5, 5.41) is 12.0. The van der Waals surface area contributed by atoms with Gasteiger partial charge in [-0.15, -0.1) is 0 Å². The molecule has 0 unspecified atom stereocenters. The van der Waals surface area contributed by atoms with Gasteiger partial charge in [-0.1, -0.05) is 37.6 Å². The number of rotatable bonds is 10. The van der Waals surface area contributed by atoms with E-state index in [4.69, 9.17) is 4.74 Å². The van der Waals surface area contributed by atoms with E-state index >= 15 is 0 Å². The molecule has 34 heavy (non-hydrogen) atoms. The van der Waals surface area contributed by atoms with E-state index in [1.54, 1.807) is 24.3 Å². The number of benzene rings is 2.